The van der Waals surface area contributed by atoms with Gasteiger partial charge in [-0.05, 0) is 43.3 Å². The molecule has 0 radical (unpaired) electrons. The standard InChI is InChI=1S/C26H20N2/c1-17-11-14-25-22(15-17)20-8-4-6-10-24(20)28(25)18-12-13-21-19-7-3-5-9-23(19)27(2)26(21)16-18/h3-16H,1-2H3. The number of nitrogens with zero attached hydrogens (tertiary/aromatic N) is 2. The first-order valence-corrected chi connectivity index (χ1v) is 9.70. The Labute approximate surface area is 163 Å². The summed E-state index contributed by atoms with van der Waals surface area (Å²) in [6.45, 7) is 2.16. The summed E-state index contributed by atoms with van der Waals surface area (Å²) >= 11 is 0. The third-order valence-corrected chi connectivity index (χ3v) is 5.98. The number of hydrogen-bond donors (Lipinski definition) is 0. The minimum Gasteiger partial charge on any atom is -0.344 e. The molecule has 0 N–H and O–H groups in total. The maximum atomic E-state index is 2.39. The molecule has 0 atom stereocenters. The molecule has 28 heavy (non-hydrogen) atoms. The van der Waals surface area contributed by atoms with E-state index in [1.807, 2.05) is 0 Å². The van der Waals surface area contributed by atoms with Gasteiger partial charge in [0, 0.05) is 39.8 Å². The largest absolute Gasteiger partial charge is 0.344 e. The van der Waals surface area contributed by atoms with E-state index in [1.165, 1.54) is 54.9 Å². The minimum absolute atomic E-state index is 1.20. The number of aryl methyl sites for hydroxylation is 2. The predicted molar refractivity (Wildman–Crippen MR) is 120 cm³/mol. The van der Waals surface area contributed by atoms with Crippen molar-refractivity contribution >= 4 is 43.6 Å². The van der Waals surface area contributed by atoms with E-state index in [2.05, 4.69) is 108 Å². The Morgan fingerprint density at radius 1 is 0.536 bits per heavy atom. The Bertz CT molecular complexity index is 1530. The summed E-state index contributed by atoms with van der Waals surface area (Å²) in [4.78, 5) is 0. The lowest BCUT2D eigenvalue weighted by molar-refractivity contribution is 1.01. The van der Waals surface area contributed by atoms with Crippen LogP contribution in [0.2, 0.25) is 0 Å². The van der Waals surface area contributed by atoms with Gasteiger partial charge in [0.2, 0.25) is 0 Å². The zero-order chi connectivity index (χ0) is 18.8. The minimum atomic E-state index is 1.20. The summed E-state index contributed by atoms with van der Waals surface area (Å²) < 4.78 is 4.69. The van der Waals surface area contributed by atoms with E-state index in [9.17, 15) is 0 Å². The maximum Gasteiger partial charge on any atom is 0.0541 e. The van der Waals surface area contributed by atoms with E-state index >= 15 is 0 Å². The average molecular weight is 360 g/mol. The van der Waals surface area contributed by atoms with Gasteiger partial charge >= 0.3 is 0 Å². The molecule has 0 unspecified atom stereocenters. The highest BCUT2D eigenvalue weighted by Crippen LogP contribution is 2.35. The molecule has 6 aromatic rings. The van der Waals surface area contributed by atoms with E-state index in [1.54, 1.807) is 0 Å². The van der Waals surface area contributed by atoms with Gasteiger partial charge in [-0.1, -0.05) is 54.1 Å². The molecule has 4 aromatic carbocycles. The molecule has 0 bridgehead atoms. The van der Waals surface area contributed by atoms with Crippen LogP contribution in [0.25, 0.3) is 49.3 Å². The first-order chi connectivity index (χ1) is 13.7. The fourth-order valence-corrected chi connectivity index (χ4v) is 4.65. The van der Waals surface area contributed by atoms with Crippen molar-refractivity contribution in [3.8, 4) is 5.69 Å². The van der Waals surface area contributed by atoms with E-state index in [0.717, 1.165) is 0 Å². The number of para-hydroxylation sites is 2. The lowest BCUT2D eigenvalue weighted by Crippen LogP contribution is -1.95. The first kappa shape index (κ1) is 15.5. The van der Waals surface area contributed by atoms with Gasteiger partial charge in [0.1, 0.15) is 0 Å². The lowest BCUT2D eigenvalue weighted by Gasteiger charge is -2.09. The Morgan fingerprint density at radius 3 is 2.00 bits per heavy atom. The third kappa shape index (κ3) is 1.97. The number of hydrogen-bond acceptors (Lipinski definition) is 0. The van der Waals surface area contributed by atoms with Crippen LogP contribution < -0.4 is 0 Å². The van der Waals surface area contributed by atoms with Crippen LogP contribution in [0.5, 0.6) is 0 Å². The van der Waals surface area contributed by atoms with E-state index in [0.29, 0.717) is 0 Å². The van der Waals surface area contributed by atoms with Gasteiger partial charge < -0.3 is 9.13 Å². The van der Waals surface area contributed by atoms with Crippen LogP contribution >= 0.6 is 0 Å². The molecule has 0 saturated carbocycles. The molecule has 2 heterocycles. The van der Waals surface area contributed by atoms with Crippen LogP contribution in [0.4, 0.5) is 0 Å². The molecule has 0 saturated heterocycles. The highest BCUT2D eigenvalue weighted by molar-refractivity contribution is 6.11. The van der Waals surface area contributed by atoms with Crippen molar-refractivity contribution in [2.75, 3.05) is 0 Å². The highest BCUT2D eigenvalue weighted by Gasteiger charge is 2.14. The average Bonchev–Trinajstić information content (AvgIpc) is 3.21. The van der Waals surface area contributed by atoms with Crippen molar-refractivity contribution in [2.45, 2.75) is 6.92 Å². The quantitative estimate of drug-likeness (QED) is 0.307. The van der Waals surface area contributed by atoms with Crippen LogP contribution in [0.15, 0.2) is 84.9 Å². The second kappa shape index (κ2) is 5.49. The molecule has 134 valence electrons. The van der Waals surface area contributed by atoms with Gasteiger partial charge in [-0.2, -0.15) is 0 Å². The maximum absolute atomic E-state index is 2.39. The van der Waals surface area contributed by atoms with Crippen LogP contribution in [0, 0.1) is 6.92 Å². The molecule has 0 aliphatic carbocycles. The topological polar surface area (TPSA) is 9.86 Å². The van der Waals surface area contributed by atoms with Crippen molar-refractivity contribution in [2.24, 2.45) is 7.05 Å². The molecule has 2 heteroatoms. The van der Waals surface area contributed by atoms with Gasteiger partial charge in [-0.3, -0.25) is 0 Å². The SMILES string of the molecule is Cc1ccc2c(c1)c1ccccc1n2-c1ccc2c3ccccc3n(C)c2c1. The molecule has 6 rings (SSSR count). The molecule has 0 aliphatic rings. The zero-order valence-electron chi connectivity index (χ0n) is 16.0. The van der Waals surface area contributed by atoms with Crippen LogP contribution in [0.1, 0.15) is 5.56 Å². The van der Waals surface area contributed by atoms with Crippen LogP contribution in [-0.2, 0) is 7.05 Å². The summed E-state index contributed by atoms with van der Waals surface area (Å²) in [6.07, 6.45) is 0. The first-order valence-electron chi connectivity index (χ1n) is 9.70. The van der Waals surface area contributed by atoms with E-state index in [-0.39, 0.29) is 0 Å². The smallest absolute Gasteiger partial charge is 0.0541 e. The normalized spacial score (nSPS) is 11.9. The monoisotopic (exact) mass is 360 g/mol. The molecule has 0 spiro atoms. The van der Waals surface area contributed by atoms with Crippen molar-refractivity contribution in [3.05, 3.63) is 90.5 Å². The summed E-state index contributed by atoms with van der Waals surface area (Å²) in [5.74, 6) is 0. The molecule has 0 amide bonds. The Balaban J connectivity index is 1.74. The Kier molecular flexibility index (Phi) is 3.05. The van der Waals surface area contributed by atoms with E-state index < -0.39 is 0 Å². The van der Waals surface area contributed by atoms with Gasteiger partial charge in [0.15, 0.2) is 0 Å². The molecule has 0 fully saturated rings. The number of benzene rings is 4. The summed E-state index contributed by atoms with van der Waals surface area (Å²) in [5, 5.41) is 5.23. The molecule has 2 nitrogen and oxygen atoms in total. The second-order valence-electron chi connectivity index (χ2n) is 7.65. The van der Waals surface area contributed by atoms with E-state index in [4.69, 9.17) is 0 Å². The highest BCUT2D eigenvalue weighted by atomic mass is 15.0. The third-order valence-electron chi connectivity index (χ3n) is 5.98. The molecule has 0 aliphatic heterocycles. The molecular formula is C26H20N2. The van der Waals surface area contributed by atoms with Gasteiger partial charge in [0.25, 0.3) is 0 Å². The molecule has 2 aromatic heterocycles. The second-order valence-corrected chi connectivity index (χ2v) is 7.65. The number of rotatable bonds is 1. The van der Waals surface area contributed by atoms with Crippen molar-refractivity contribution in [3.63, 3.8) is 0 Å². The number of fused-ring (bicyclic) bond motifs is 6. The Morgan fingerprint density at radius 2 is 1.18 bits per heavy atom. The van der Waals surface area contributed by atoms with Crippen molar-refractivity contribution in [1.29, 1.82) is 0 Å². The van der Waals surface area contributed by atoms with Crippen molar-refractivity contribution < 1.29 is 0 Å². The summed E-state index contributed by atoms with van der Waals surface area (Å²) in [7, 11) is 2.16. The van der Waals surface area contributed by atoms with Gasteiger partial charge in [0.05, 0.1) is 16.6 Å². The van der Waals surface area contributed by atoms with Crippen LogP contribution in [0.3, 0.4) is 0 Å². The zero-order valence-corrected chi connectivity index (χ0v) is 16.0. The number of aromatic nitrogens is 2. The van der Waals surface area contributed by atoms with Gasteiger partial charge in [-0.15, -0.1) is 0 Å². The fourth-order valence-electron chi connectivity index (χ4n) is 4.65. The van der Waals surface area contributed by atoms with Crippen LogP contribution in [-0.4, -0.2) is 9.13 Å². The van der Waals surface area contributed by atoms with Gasteiger partial charge in [-0.25, -0.2) is 0 Å². The fraction of sp³-hybridized carbons (Fsp3) is 0.0769. The predicted octanol–water partition coefficient (Wildman–Crippen LogP) is 6.74. The summed E-state index contributed by atoms with van der Waals surface area (Å²) in [6, 6.07) is 30.9. The summed E-state index contributed by atoms with van der Waals surface area (Å²) in [5.41, 5.74) is 7.53. The van der Waals surface area contributed by atoms with Crippen molar-refractivity contribution in [1.82, 2.24) is 9.13 Å². The lowest BCUT2D eigenvalue weighted by atomic mass is 10.1. The molecular weight excluding hydrogens is 340 g/mol. The Hall–Kier alpha value is -3.52.